The first kappa shape index (κ1) is 15.4. The molecule has 2 aliphatic rings. The molecule has 1 N–H and O–H groups in total. The molecule has 0 radical (unpaired) electrons. The van der Waals surface area contributed by atoms with Crippen LogP contribution in [0.1, 0.15) is 0 Å². The zero-order valence-corrected chi connectivity index (χ0v) is 13.0. The van der Waals surface area contributed by atoms with E-state index in [2.05, 4.69) is 0 Å². The molecule has 0 amide bonds. The van der Waals surface area contributed by atoms with E-state index in [1.807, 2.05) is 22.2 Å². The number of benzene rings is 1. The summed E-state index contributed by atoms with van der Waals surface area (Å²) >= 11 is 5.93. The summed E-state index contributed by atoms with van der Waals surface area (Å²) in [7, 11) is 1.51. The number of anilines is 1. The van der Waals surface area contributed by atoms with Crippen molar-refractivity contribution in [2.24, 2.45) is 0 Å². The second-order valence-electron chi connectivity index (χ2n) is 5.14. The maximum atomic E-state index is 14.1. The van der Waals surface area contributed by atoms with Gasteiger partial charge >= 0.3 is 0 Å². The smallest absolute Gasteiger partial charge is 0.148 e. The van der Waals surface area contributed by atoms with Crippen LogP contribution in [-0.2, 0) is 0 Å². The molecule has 1 fully saturated rings. The molecule has 0 unspecified atom stereocenters. The molecular formula is C14H18ClFN4O2. The summed E-state index contributed by atoms with van der Waals surface area (Å²) in [6.45, 7) is 3.10. The molecule has 0 spiro atoms. The number of methoxy groups -OCH3 is 1. The largest absolute Gasteiger partial charge is 0.495 e. The van der Waals surface area contributed by atoms with Gasteiger partial charge in [0, 0.05) is 38.4 Å². The Balaban J connectivity index is 1.70. The van der Waals surface area contributed by atoms with E-state index in [1.54, 1.807) is 11.2 Å². The minimum atomic E-state index is -0.357. The van der Waals surface area contributed by atoms with Crippen molar-refractivity contribution < 1.29 is 14.3 Å². The van der Waals surface area contributed by atoms with Gasteiger partial charge in [-0.25, -0.2) is 14.5 Å². The fraction of sp³-hybridized carbons (Fsp3) is 0.429. The number of hydrogen-bond donors (Lipinski definition) is 1. The Morgan fingerprint density at radius 1 is 1.23 bits per heavy atom. The van der Waals surface area contributed by atoms with Gasteiger partial charge < -0.3 is 9.64 Å². The molecule has 2 heterocycles. The summed E-state index contributed by atoms with van der Waals surface area (Å²) < 4.78 is 19.3. The molecule has 120 valence electrons. The zero-order chi connectivity index (χ0) is 15.7. The summed E-state index contributed by atoms with van der Waals surface area (Å²) in [4.78, 5) is 1.95. The highest BCUT2D eigenvalue weighted by Crippen LogP contribution is 2.32. The van der Waals surface area contributed by atoms with E-state index in [4.69, 9.17) is 16.3 Å². The van der Waals surface area contributed by atoms with Crippen LogP contribution in [0.25, 0.3) is 0 Å². The fourth-order valence-corrected chi connectivity index (χ4v) is 2.92. The average Bonchev–Trinajstić information content (AvgIpc) is 2.94. The van der Waals surface area contributed by atoms with Gasteiger partial charge in [-0.05, 0) is 12.1 Å². The third-order valence-corrected chi connectivity index (χ3v) is 4.15. The van der Waals surface area contributed by atoms with Crippen molar-refractivity contribution in [3.63, 3.8) is 0 Å². The zero-order valence-electron chi connectivity index (χ0n) is 12.2. The number of rotatable bonds is 3. The van der Waals surface area contributed by atoms with Crippen LogP contribution in [0.4, 0.5) is 10.1 Å². The lowest BCUT2D eigenvalue weighted by Gasteiger charge is -2.41. The summed E-state index contributed by atoms with van der Waals surface area (Å²) in [5, 5.41) is 14.8. The lowest BCUT2D eigenvalue weighted by molar-refractivity contribution is -0.285. The van der Waals surface area contributed by atoms with Crippen LogP contribution >= 0.6 is 11.6 Å². The Labute approximate surface area is 133 Å². The van der Waals surface area contributed by atoms with Crippen molar-refractivity contribution in [3.05, 3.63) is 35.2 Å². The van der Waals surface area contributed by atoms with Gasteiger partial charge in [-0.3, -0.25) is 5.21 Å². The topological polar surface area (TPSA) is 42.4 Å². The molecule has 8 heteroatoms. The third-order valence-electron chi connectivity index (χ3n) is 3.85. The molecule has 22 heavy (non-hydrogen) atoms. The third kappa shape index (κ3) is 2.85. The first-order chi connectivity index (χ1) is 10.6. The first-order valence-corrected chi connectivity index (χ1v) is 7.43. The van der Waals surface area contributed by atoms with Gasteiger partial charge in [0.25, 0.3) is 0 Å². The number of halogens is 2. The normalized spacial score (nSPS) is 20.0. The lowest BCUT2D eigenvalue weighted by atomic mass is 10.2. The highest BCUT2D eigenvalue weighted by atomic mass is 35.5. The molecule has 1 saturated heterocycles. The predicted octanol–water partition coefficient (Wildman–Crippen LogP) is 1.96. The maximum absolute atomic E-state index is 14.1. The number of hydrazine groups is 2. The highest BCUT2D eigenvalue weighted by Gasteiger charge is 2.27. The van der Waals surface area contributed by atoms with Crippen molar-refractivity contribution in [2.75, 3.05) is 44.7 Å². The maximum Gasteiger partial charge on any atom is 0.148 e. The van der Waals surface area contributed by atoms with Crippen LogP contribution in [0, 0.1) is 5.82 Å². The van der Waals surface area contributed by atoms with Gasteiger partial charge in [0.15, 0.2) is 0 Å². The SMILES string of the molecule is COc1cc(N2CCN(N3C=CCN3O)CC2)c(F)cc1Cl. The summed E-state index contributed by atoms with van der Waals surface area (Å²) in [5.74, 6) is 0.105. The predicted molar refractivity (Wildman–Crippen MR) is 81.2 cm³/mol. The van der Waals surface area contributed by atoms with E-state index in [0.29, 0.717) is 44.2 Å². The van der Waals surface area contributed by atoms with Crippen LogP contribution in [-0.4, -0.2) is 60.3 Å². The summed E-state index contributed by atoms with van der Waals surface area (Å²) in [5.41, 5.74) is 0.485. The van der Waals surface area contributed by atoms with Crippen LogP contribution in [0.2, 0.25) is 5.02 Å². The number of ether oxygens (including phenoxy) is 1. The van der Waals surface area contributed by atoms with E-state index in [-0.39, 0.29) is 10.8 Å². The van der Waals surface area contributed by atoms with Crippen molar-refractivity contribution >= 4 is 17.3 Å². The van der Waals surface area contributed by atoms with Crippen LogP contribution < -0.4 is 9.64 Å². The van der Waals surface area contributed by atoms with Gasteiger partial charge in [0.1, 0.15) is 11.6 Å². The fourth-order valence-electron chi connectivity index (χ4n) is 2.70. The summed E-state index contributed by atoms with van der Waals surface area (Å²) in [6, 6.07) is 2.90. The lowest BCUT2D eigenvalue weighted by Crippen LogP contribution is -2.55. The molecule has 0 saturated carbocycles. The summed E-state index contributed by atoms with van der Waals surface area (Å²) in [6.07, 6.45) is 3.69. The van der Waals surface area contributed by atoms with Gasteiger partial charge in [-0.1, -0.05) is 16.8 Å². The molecule has 3 rings (SSSR count). The number of piperazine rings is 1. The van der Waals surface area contributed by atoms with Crippen LogP contribution in [0.5, 0.6) is 5.75 Å². The van der Waals surface area contributed by atoms with E-state index < -0.39 is 0 Å². The minimum Gasteiger partial charge on any atom is -0.495 e. The van der Waals surface area contributed by atoms with Crippen molar-refractivity contribution in [2.45, 2.75) is 0 Å². The number of hydrogen-bond acceptors (Lipinski definition) is 6. The molecule has 0 atom stereocenters. The van der Waals surface area contributed by atoms with Gasteiger partial charge in [-0.2, -0.15) is 0 Å². The molecule has 1 aromatic carbocycles. The molecule has 2 aliphatic heterocycles. The van der Waals surface area contributed by atoms with E-state index in [9.17, 15) is 9.60 Å². The van der Waals surface area contributed by atoms with Crippen LogP contribution in [0.15, 0.2) is 24.4 Å². The van der Waals surface area contributed by atoms with Gasteiger partial charge in [-0.15, -0.1) is 0 Å². The first-order valence-electron chi connectivity index (χ1n) is 7.05. The van der Waals surface area contributed by atoms with Crippen molar-refractivity contribution in [3.8, 4) is 5.75 Å². The Kier molecular flexibility index (Phi) is 4.39. The Morgan fingerprint density at radius 3 is 2.55 bits per heavy atom. The highest BCUT2D eigenvalue weighted by molar-refractivity contribution is 6.32. The Hall–Kier alpha value is -1.54. The number of hydroxylamine groups is 1. The monoisotopic (exact) mass is 328 g/mol. The number of nitrogens with zero attached hydrogens (tertiary/aromatic N) is 4. The second kappa shape index (κ2) is 6.29. The molecule has 0 bridgehead atoms. The average molecular weight is 329 g/mol. The van der Waals surface area contributed by atoms with Crippen molar-refractivity contribution in [1.29, 1.82) is 0 Å². The van der Waals surface area contributed by atoms with E-state index in [1.165, 1.54) is 13.2 Å². The van der Waals surface area contributed by atoms with Crippen LogP contribution in [0.3, 0.4) is 0 Å². The molecule has 0 aromatic heterocycles. The quantitative estimate of drug-likeness (QED) is 0.915. The second-order valence-corrected chi connectivity index (χ2v) is 5.55. The minimum absolute atomic E-state index is 0.264. The standard InChI is InChI=1S/C14H18ClFN4O2/c1-22-14-10-13(12(16)9-11(14)15)17-5-7-18(8-6-17)19-3-2-4-20(19)21/h2-3,9-10,21H,4-8H2,1H3. The molecule has 6 nitrogen and oxygen atoms in total. The molecule has 1 aromatic rings. The van der Waals surface area contributed by atoms with Gasteiger partial charge in [0.2, 0.25) is 0 Å². The Morgan fingerprint density at radius 2 is 1.95 bits per heavy atom. The van der Waals surface area contributed by atoms with E-state index >= 15 is 0 Å². The Bertz CT molecular complexity index is 578. The van der Waals surface area contributed by atoms with Crippen molar-refractivity contribution in [1.82, 2.24) is 15.3 Å². The van der Waals surface area contributed by atoms with E-state index in [0.717, 1.165) is 5.17 Å². The molecule has 0 aliphatic carbocycles. The molecular weight excluding hydrogens is 311 g/mol. The van der Waals surface area contributed by atoms with Gasteiger partial charge in [0.05, 0.1) is 24.4 Å².